The quantitative estimate of drug-likeness (QED) is 0.358. The Kier molecular flexibility index (Phi) is 4.53. The molecule has 9 aliphatic rings. The minimum Gasteiger partial charge on any atom is -0.461 e. The van der Waals surface area contributed by atoms with Crippen LogP contribution < -0.4 is 0 Å². The van der Waals surface area contributed by atoms with Crippen molar-refractivity contribution < 1.29 is 33.7 Å². The lowest BCUT2D eigenvalue weighted by atomic mass is 9.39. The summed E-state index contributed by atoms with van der Waals surface area (Å²) in [5.74, 6) is -1.54. The van der Waals surface area contributed by atoms with Crippen LogP contribution in [0.2, 0.25) is 0 Å². The molecule has 9 bridgehead atoms. The molecule has 9 fully saturated rings. The lowest BCUT2D eigenvalue weighted by Crippen LogP contribution is -2.71. The summed E-state index contributed by atoms with van der Waals surface area (Å²) in [6.07, 6.45) is -0.268. The first kappa shape index (κ1) is 24.1. The molecular formula is C31H35NO7. The summed E-state index contributed by atoms with van der Waals surface area (Å²) in [6, 6.07) is 9.17. The fourth-order valence-electron chi connectivity index (χ4n) is 12.1. The Morgan fingerprint density at radius 2 is 1.74 bits per heavy atom. The van der Waals surface area contributed by atoms with Crippen LogP contribution in [0.25, 0.3) is 0 Å². The van der Waals surface area contributed by atoms with Crippen molar-refractivity contribution in [1.29, 1.82) is 0 Å². The van der Waals surface area contributed by atoms with Gasteiger partial charge in [-0.25, -0.2) is 4.79 Å². The van der Waals surface area contributed by atoms with Gasteiger partial charge in [-0.15, -0.1) is 0 Å². The number of hydrogen-bond donors (Lipinski definition) is 1. The smallest absolute Gasteiger partial charge is 0.338 e. The zero-order valence-corrected chi connectivity index (χ0v) is 22.5. The maximum absolute atomic E-state index is 13.4. The molecule has 14 atom stereocenters. The average Bonchev–Trinajstić information content (AvgIpc) is 3.30. The lowest BCUT2D eigenvalue weighted by Gasteiger charge is -2.67. The van der Waals surface area contributed by atoms with Crippen molar-refractivity contribution in [2.24, 2.45) is 39.9 Å². The predicted molar refractivity (Wildman–Crippen MR) is 137 cm³/mol. The third-order valence-corrected chi connectivity index (χ3v) is 12.1. The molecule has 8 heteroatoms. The molecule has 8 nitrogen and oxygen atoms in total. The molecule has 2 spiro atoms. The van der Waals surface area contributed by atoms with E-state index in [1.54, 1.807) is 24.3 Å². The maximum atomic E-state index is 13.4. The Hall–Kier alpha value is -2.71. The molecule has 206 valence electrons. The summed E-state index contributed by atoms with van der Waals surface area (Å²) >= 11 is 0. The maximum Gasteiger partial charge on any atom is 0.338 e. The largest absolute Gasteiger partial charge is 0.461 e. The van der Waals surface area contributed by atoms with Crippen LogP contribution in [0.15, 0.2) is 42.5 Å². The van der Waals surface area contributed by atoms with Crippen molar-refractivity contribution in [1.82, 2.24) is 4.90 Å². The van der Waals surface area contributed by atoms with Gasteiger partial charge < -0.3 is 19.3 Å². The molecule has 39 heavy (non-hydrogen) atoms. The van der Waals surface area contributed by atoms with Crippen LogP contribution in [-0.4, -0.2) is 71.0 Å². The fraction of sp³-hybridized carbons (Fsp3) is 0.645. The van der Waals surface area contributed by atoms with Gasteiger partial charge in [0.15, 0.2) is 0 Å². The number of fused-ring (bicyclic) bond motifs is 1. The second-order valence-electron chi connectivity index (χ2n) is 13.7. The van der Waals surface area contributed by atoms with Crippen molar-refractivity contribution in [2.75, 3.05) is 6.54 Å². The number of rotatable bonds is 4. The number of aliphatic hydroxyl groups excluding tert-OH is 1. The van der Waals surface area contributed by atoms with Gasteiger partial charge >= 0.3 is 17.9 Å². The number of nitrogens with zero attached hydrogens (tertiary/aromatic N) is 1. The van der Waals surface area contributed by atoms with Crippen molar-refractivity contribution in [3.8, 4) is 0 Å². The minimum absolute atomic E-state index is 0.0303. The number of ether oxygens (including phenoxy) is 3. The van der Waals surface area contributed by atoms with E-state index in [0.717, 1.165) is 25.0 Å². The summed E-state index contributed by atoms with van der Waals surface area (Å²) in [4.78, 5) is 41.2. The summed E-state index contributed by atoms with van der Waals surface area (Å²) < 4.78 is 18.7. The Balaban J connectivity index is 1.32. The zero-order chi connectivity index (χ0) is 27.2. The molecule has 6 saturated carbocycles. The number of benzene rings is 1. The van der Waals surface area contributed by atoms with E-state index < -0.39 is 41.8 Å². The van der Waals surface area contributed by atoms with E-state index in [0.29, 0.717) is 18.0 Å². The monoisotopic (exact) mass is 533 g/mol. The molecule has 3 aliphatic heterocycles. The van der Waals surface area contributed by atoms with Crippen molar-refractivity contribution in [2.45, 2.75) is 76.5 Å². The number of carbonyl (C=O) groups excluding carboxylic acids is 3. The van der Waals surface area contributed by atoms with E-state index in [2.05, 4.69) is 18.4 Å². The van der Waals surface area contributed by atoms with Crippen LogP contribution in [0.4, 0.5) is 0 Å². The van der Waals surface area contributed by atoms with E-state index in [1.165, 1.54) is 13.8 Å². The van der Waals surface area contributed by atoms with Crippen LogP contribution in [-0.2, 0) is 23.8 Å². The van der Waals surface area contributed by atoms with Crippen molar-refractivity contribution in [3.63, 3.8) is 0 Å². The van der Waals surface area contributed by atoms with Gasteiger partial charge in [0.2, 0.25) is 0 Å². The first-order valence-corrected chi connectivity index (χ1v) is 14.3. The van der Waals surface area contributed by atoms with Crippen LogP contribution in [0, 0.1) is 39.9 Å². The molecule has 10 rings (SSSR count). The second-order valence-corrected chi connectivity index (χ2v) is 13.7. The van der Waals surface area contributed by atoms with Gasteiger partial charge in [-0.1, -0.05) is 37.3 Å². The molecular weight excluding hydrogens is 498 g/mol. The topological polar surface area (TPSA) is 102 Å². The van der Waals surface area contributed by atoms with E-state index in [9.17, 15) is 19.5 Å². The van der Waals surface area contributed by atoms with E-state index in [1.807, 2.05) is 6.07 Å². The highest BCUT2D eigenvalue weighted by molar-refractivity contribution is 5.89. The van der Waals surface area contributed by atoms with Gasteiger partial charge in [0.1, 0.15) is 18.3 Å². The van der Waals surface area contributed by atoms with Crippen LogP contribution in [0.5, 0.6) is 0 Å². The third-order valence-electron chi connectivity index (χ3n) is 12.1. The zero-order valence-electron chi connectivity index (χ0n) is 22.5. The van der Waals surface area contributed by atoms with Crippen molar-refractivity contribution >= 4 is 17.9 Å². The van der Waals surface area contributed by atoms with E-state index in [4.69, 9.17) is 14.2 Å². The first-order chi connectivity index (χ1) is 18.5. The summed E-state index contributed by atoms with van der Waals surface area (Å²) in [5.41, 5.74) is 0.361. The Labute approximate surface area is 227 Å². The molecule has 3 heterocycles. The van der Waals surface area contributed by atoms with Gasteiger partial charge in [-0.3, -0.25) is 14.5 Å². The highest BCUT2D eigenvalue weighted by atomic mass is 16.6. The van der Waals surface area contributed by atoms with Gasteiger partial charge in [-0.05, 0) is 48.1 Å². The number of hydrogen-bond acceptors (Lipinski definition) is 8. The molecule has 0 radical (unpaired) electrons. The molecule has 0 amide bonds. The van der Waals surface area contributed by atoms with Gasteiger partial charge in [0, 0.05) is 55.6 Å². The van der Waals surface area contributed by atoms with Crippen LogP contribution >= 0.6 is 0 Å². The number of aliphatic hydroxyl groups is 1. The Morgan fingerprint density at radius 3 is 2.44 bits per heavy atom. The first-order valence-electron chi connectivity index (χ1n) is 14.3. The SMILES string of the molecule is C=C1C[C@]23C[C@H]4[C@@H]5[C@@]6(C)C[C@H](OC(=O)c7ccccc7)[C@@H](OC(C)=O)[C@]57C(C2C(O)[C@H]1[C@@H](OC(C)=O)[C@H]37)N4C6. The average molecular weight is 534 g/mol. The normalized spacial score (nSPS) is 52.6. The second kappa shape index (κ2) is 7.32. The molecule has 6 aliphatic carbocycles. The number of esters is 3. The summed E-state index contributed by atoms with van der Waals surface area (Å²) in [5, 5.41) is 11.9. The highest BCUT2D eigenvalue weighted by Gasteiger charge is 2.93. The van der Waals surface area contributed by atoms with Crippen LogP contribution in [0.3, 0.4) is 0 Å². The fourth-order valence-corrected chi connectivity index (χ4v) is 12.1. The number of piperidine rings is 2. The minimum atomic E-state index is -0.691. The standard InChI is InChI=1S/C31H35NO7/c1-14-10-30-11-18-24-29(4)12-19(39-28(36)17-8-6-5-7-9-17)27(38-16(3)34)31(24)25(30)23(37-15(2)33)20(14)22(35)21(30)26(31)32(18)13-29/h5-9,18-27,35H,1,10-13H2,2-4H3/t18-,19-,20-,21?,22?,23+,24+,25+,26?,27+,29-,30-,31+/m0/s1. The summed E-state index contributed by atoms with van der Waals surface area (Å²) in [7, 11) is 0. The van der Waals surface area contributed by atoms with E-state index in [-0.39, 0.29) is 46.5 Å². The highest BCUT2D eigenvalue weighted by Crippen LogP contribution is 2.87. The lowest BCUT2D eigenvalue weighted by molar-refractivity contribution is -0.254. The van der Waals surface area contributed by atoms with Gasteiger partial charge in [-0.2, -0.15) is 0 Å². The summed E-state index contributed by atoms with van der Waals surface area (Å²) in [6.45, 7) is 10.3. The third kappa shape index (κ3) is 2.57. The van der Waals surface area contributed by atoms with Gasteiger partial charge in [0.05, 0.1) is 11.7 Å². The predicted octanol–water partition coefficient (Wildman–Crippen LogP) is 2.74. The van der Waals surface area contributed by atoms with Crippen molar-refractivity contribution in [3.05, 3.63) is 48.0 Å². The van der Waals surface area contributed by atoms with Crippen LogP contribution in [0.1, 0.15) is 50.4 Å². The molecule has 3 saturated heterocycles. The molecule has 4 unspecified atom stereocenters. The molecule has 1 aromatic carbocycles. The molecule has 1 aromatic rings. The molecule has 1 N–H and O–H groups in total. The van der Waals surface area contributed by atoms with E-state index >= 15 is 0 Å². The Morgan fingerprint density at radius 1 is 1.03 bits per heavy atom. The van der Waals surface area contributed by atoms with Gasteiger partial charge in [0.25, 0.3) is 0 Å². The number of carbonyl (C=O) groups is 3. The molecule has 0 aromatic heterocycles. The Bertz CT molecular complexity index is 1330.